The van der Waals surface area contributed by atoms with Gasteiger partial charge in [0.2, 0.25) is 5.91 Å². The van der Waals surface area contributed by atoms with Crippen LogP contribution in [0.5, 0.6) is 0 Å². The third-order valence-electron chi connectivity index (χ3n) is 4.67. The number of hydrogen-bond donors (Lipinski definition) is 1. The summed E-state index contributed by atoms with van der Waals surface area (Å²) in [5, 5.41) is 3.11. The molecule has 3 heterocycles. The number of rotatable bonds is 2. The minimum Gasteiger partial charge on any atom is -0.334 e. The zero-order chi connectivity index (χ0) is 19.8. The van der Waals surface area contributed by atoms with Crippen LogP contribution in [-0.4, -0.2) is 32.6 Å². The van der Waals surface area contributed by atoms with Crippen LogP contribution in [-0.2, 0) is 17.8 Å². The minimum atomic E-state index is -0.207. The molecule has 2 amide bonds. The molecule has 28 heavy (non-hydrogen) atoms. The van der Waals surface area contributed by atoms with Crippen LogP contribution in [0, 0.1) is 0 Å². The molecule has 1 aliphatic heterocycles. The second-order valence-electron chi connectivity index (χ2n) is 6.65. The molecule has 0 fully saturated rings. The van der Waals surface area contributed by atoms with E-state index in [1.165, 1.54) is 17.5 Å². The van der Waals surface area contributed by atoms with Gasteiger partial charge in [-0.15, -0.1) is 0 Å². The molecule has 1 aromatic carbocycles. The van der Waals surface area contributed by atoms with Crippen molar-refractivity contribution in [2.75, 3.05) is 11.9 Å². The fraction of sp³-hybridized carbons (Fsp3) is 0.200. The second-order valence-corrected chi connectivity index (χ2v) is 7.09. The Kier molecular flexibility index (Phi) is 4.60. The molecule has 2 aromatic heterocycles. The number of anilines is 1. The fourth-order valence-corrected chi connectivity index (χ4v) is 3.49. The van der Waals surface area contributed by atoms with Gasteiger partial charge in [-0.2, -0.15) is 0 Å². The Bertz CT molecular complexity index is 1150. The number of fused-ring (bicyclic) bond motifs is 2. The number of benzene rings is 1. The quantitative estimate of drug-likeness (QED) is 0.721. The molecule has 0 saturated carbocycles. The number of pyridine rings is 1. The first-order chi connectivity index (χ1) is 13.4. The van der Waals surface area contributed by atoms with Gasteiger partial charge < -0.3 is 10.2 Å². The van der Waals surface area contributed by atoms with Crippen molar-refractivity contribution in [3.05, 3.63) is 74.8 Å². The van der Waals surface area contributed by atoms with Crippen LogP contribution in [0.15, 0.2) is 47.4 Å². The van der Waals surface area contributed by atoms with Crippen LogP contribution in [0.2, 0.25) is 5.02 Å². The average molecular weight is 397 g/mol. The minimum absolute atomic E-state index is 0.171. The summed E-state index contributed by atoms with van der Waals surface area (Å²) in [5.41, 5.74) is 2.68. The molecule has 0 spiro atoms. The summed E-state index contributed by atoms with van der Waals surface area (Å²) < 4.78 is 1.41. The first kappa shape index (κ1) is 18.2. The van der Waals surface area contributed by atoms with E-state index in [0.717, 1.165) is 5.69 Å². The van der Waals surface area contributed by atoms with Crippen molar-refractivity contribution in [1.29, 1.82) is 0 Å². The van der Waals surface area contributed by atoms with Gasteiger partial charge >= 0.3 is 0 Å². The van der Waals surface area contributed by atoms with E-state index < -0.39 is 0 Å². The van der Waals surface area contributed by atoms with Crippen molar-refractivity contribution in [2.45, 2.75) is 19.9 Å². The SMILES string of the molecule is CC(=O)Nc1ccc(C(=O)N2CCc3nc4ccc(Cl)cn4c(=O)c3C2)cc1. The van der Waals surface area contributed by atoms with E-state index >= 15 is 0 Å². The Hall–Kier alpha value is -3.19. The number of halogens is 1. The summed E-state index contributed by atoms with van der Waals surface area (Å²) in [6.45, 7) is 2.10. The average Bonchev–Trinajstić information content (AvgIpc) is 2.68. The molecule has 0 radical (unpaired) electrons. The van der Waals surface area contributed by atoms with Gasteiger partial charge in [0, 0.05) is 37.3 Å². The summed E-state index contributed by atoms with van der Waals surface area (Å²) in [7, 11) is 0. The molecular formula is C20H17ClN4O3. The number of carbonyl (C=O) groups is 2. The molecule has 0 bridgehead atoms. The zero-order valence-corrected chi connectivity index (χ0v) is 15.9. The van der Waals surface area contributed by atoms with Crippen molar-refractivity contribution in [1.82, 2.24) is 14.3 Å². The number of hydrogen-bond acceptors (Lipinski definition) is 4. The Balaban J connectivity index is 1.62. The van der Waals surface area contributed by atoms with Gasteiger partial charge in [0.05, 0.1) is 22.8 Å². The third kappa shape index (κ3) is 3.36. The fourth-order valence-electron chi connectivity index (χ4n) is 3.33. The van der Waals surface area contributed by atoms with E-state index in [-0.39, 0.29) is 23.9 Å². The van der Waals surface area contributed by atoms with Gasteiger partial charge in [0.1, 0.15) is 5.65 Å². The molecule has 0 saturated heterocycles. The number of aromatic nitrogens is 2. The molecule has 3 aromatic rings. The Morgan fingerprint density at radius 1 is 1.14 bits per heavy atom. The molecule has 142 valence electrons. The summed E-state index contributed by atoms with van der Waals surface area (Å²) in [4.78, 5) is 43.0. The van der Waals surface area contributed by atoms with E-state index in [1.807, 2.05) is 0 Å². The van der Waals surface area contributed by atoms with Gasteiger partial charge in [0.25, 0.3) is 11.5 Å². The lowest BCUT2D eigenvalue weighted by molar-refractivity contribution is -0.114. The summed E-state index contributed by atoms with van der Waals surface area (Å²) >= 11 is 6.00. The monoisotopic (exact) mass is 396 g/mol. The molecular weight excluding hydrogens is 380 g/mol. The van der Waals surface area contributed by atoms with Crippen molar-refractivity contribution >= 4 is 34.7 Å². The highest BCUT2D eigenvalue weighted by Crippen LogP contribution is 2.19. The van der Waals surface area contributed by atoms with Crippen molar-refractivity contribution in [3.63, 3.8) is 0 Å². The predicted octanol–water partition coefficient (Wildman–Crippen LogP) is 2.50. The highest BCUT2D eigenvalue weighted by atomic mass is 35.5. The Morgan fingerprint density at radius 2 is 1.89 bits per heavy atom. The van der Waals surface area contributed by atoms with E-state index in [4.69, 9.17) is 11.6 Å². The molecule has 1 N–H and O–H groups in total. The lowest BCUT2D eigenvalue weighted by atomic mass is 10.1. The molecule has 7 nitrogen and oxygen atoms in total. The van der Waals surface area contributed by atoms with Crippen LogP contribution in [0.25, 0.3) is 5.65 Å². The Morgan fingerprint density at radius 3 is 2.61 bits per heavy atom. The summed E-state index contributed by atoms with van der Waals surface area (Å²) in [5.74, 6) is -0.345. The highest BCUT2D eigenvalue weighted by molar-refractivity contribution is 6.30. The topological polar surface area (TPSA) is 83.8 Å². The van der Waals surface area contributed by atoms with E-state index in [9.17, 15) is 14.4 Å². The van der Waals surface area contributed by atoms with Crippen molar-refractivity contribution in [2.24, 2.45) is 0 Å². The lowest BCUT2D eigenvalue weighted by Gasteiger charge is -2.28. The van der Waals surface area contributed by atoms with Gasteiger partial charge in [-0.1, -0.05) is 11.6 Å². The van der Waals surface area contributed by atoms with Crippen LogP contribution < -0.4 is 10.9 Å². The molecule has 1 aliphatic rings. The Labute approximate surface area is 165 Å². The lowest BCUT2D eigenvalue weighted by Crippen LogP contribution is -2.40. The maximum Gasteiger partial charge on any atom is 0.263 e. The zero-order valence-electron chi connectivity index (χ0n) is 15.1. The van der Waals surface area contributed by atoms with Crippen LogP contribution in [0.1, 0.15) is 28.5 Å². The van der Waals surface area contributed by atoms with Gasteiger partial charge in [-0.05, 0) is 36.4 Å². The molecule has 0 aliphatic carbocycles. The second kappa shape index (κ2) is 7.09. The summed E-state index contributed by atoms with van der Waals surface area (Å²) in [6.07, 6.45) is 2.05. The standard InChI is InChI=1S/C20H17ClN4O3/c1-12(26)22-15-5-2-13(3-6-15)19(27)24-9-8-17-16(11-24)20(28)25-10-14(21)4-7-18(25)23-17/h2-7,10H,8-9,11H2,1H3,(H,22,26). The molecule has 4 rings (SSSR count). The van der Waals surface area contributed by atoms with Crippen molar-refractivity contribution < 1.29 is 9.59 Å². The number of nitrogens with one attached hydrogen (secondary N) is 1. The number of amides is 2. The third-order valence-corrected chi connectivity index (χ3v) is 4.90. The first-order valence-corrected chi connectivity index (χ1v) is 9.17. The van der Waals surface area contributed by atoms with Gasteiger partial charge in [0.15, 0.2) is 0 Å². The van der Waals surface area contributed by atoms with Crippen LogP contribution in [0.4, 0.5) is 5.69 Å². The highest BCUT2D eigenvalue weighted by Gasteiger charge is 2.25. The largest absolute Gasteiger partial charge is 0.334 e. The van der Waals surface area contributed by atoms with Crippen LogP contribution in [0.3, 0.4) is 0 Å². The van der Waals surface area contributed by atoms with Gasteiger partial charge in [-0.25, -0.2) is 4.98 Å². The normalized spacial score (nSPS) is 13.3. The molecule has 0 atom stereocenters. The maximum absolute atomic E-state index is 12.9. The number of carbonyl (C=O) groups excluding carboxylic acids is 2. The first-order valence-electron chi connectivity index (χ1n) is 8.79. The van der Waals surface area contributed by atoms with E-state index in [0.29, 0.717) is 40.4 Å². The predicted molar refractivity (Wildman–Crippen MR) is 106 cm³/mol. The maximum atomic E-state index is 12.9. The van der Waals surface area contributed by atoms with Gasteiger partial charge in [-0.3, -0.25) is 18.8 Å². The van der Waals surface area contributed by atoms with E-state index in [2.05, 4.69) is 10.3 Å². The molecule has 0 unspecified atom stereocenters. The summed E-state index contributed by atoms with van der Waals surface area (Å²) in [6, 6.07) is 10.1. The van der Waals surface area contributed by atoms with E-state index in [1.54, 1.807) is 41.3 Å². The van der Waals surface area contributed by atoms with Crippen molar-refractivity contribution in [3.8, 4) is 0 Å². The van der Waals surface area contributed by atoms with Crippen LogP contribution >= 0.6 is 11.6 Å². The smallest absolute Gasteiger partial charge is 0.263 e. The number of nitrogens with zero attached hydrogens (tertiary/aromatic N) is 3. The molecule has 8 heteroatoms.